The summed E-state index contributed by atoms with van der Waals surface area (Å²) in [6, 6.07) is 6.38. The molecule has 1 fully saturated rings. The van der Waals surface area contributed by atoms with Crippen molar-refractivity contribution in [2.75, 3.05) is 13.1 Å². The van der Waals surface area contributed by atoms with Gasteiger partial charge in [0.1, 0.15) is 10.7 Å². The third-order valence-electron chi connectivity index (χ3n) is 4.30. The van der Waals surface area contributed by atoms with Crippen molar-refractivity contribution in [2.45, 2.75) is 26.3 Å². The molecule has 4 rings (SSSR count). The average molecular weight is 358 g/mol. The summed E-state index contributed by atoms with van der Waals surface area (Å²) in [5.74, 6) is 0.0260. The number of thiophene rings is 1. The first-order chi connectivity index (χ1) is 11.6. The van der Waals surface area contributed by atoms with Crippen molar-refractivity contribution in [3.63, 3.8) is 0 Å². The van der Waals surface area contributed by atoms with Gasteiger partial charge in [0.2, 0.25) is 0 Å². The van der Waals surface area contributed by atoms with Crippen LogP contribution in [0, 0.1) is 13.8 Å². The summed E-state index contributed by atoms with van der Waals surface area (Å²) in [6.07, 6.45) is 0.940. The Bertz CT molecular complexity index is 865. The lowest BCUT2D eigenvalue weighted by Crippen LogP contribution is -2.29. The van der Waals surface area contributed by atoms with Gasteiger partial charge in [0.15, 0.2) is 0 Å². The van der Waals surface area contributed by atoms with Gasteiger partial charge in [-0.25, -0.2) is 4.98 Å². The maximum Gasteiger partial charge on any atom is 0.273 e. The number of carbonyl (C=O) groups excluding carboxylic acids is 1. The molecule has 0 saturated carbocycles. The van der Waals surface area contributed by atoms with E-state index in [0.717, 1.165) is 34.2 Å². The largest absolute Gasteiger partial charge is 0.335 e. The number of hydrogen-bond donors (Lipinski definition) is 0. The molecule has 24 heavy (non-hydrogen) atoms. The predicted molar refractivity (Wildman–Crippen MR) is 96.7 cm³/mol. The van der Waals surface area contributed by atoms with Crippen LogP contribution in [-0.2, 0) is 0 Å². The van der Waals surface area contributed by atoms with Crippen LogP contribution in [0.25, 0.3) is 9.88 Å². The molecule has 1 saturated heterocycles. The van der Waals surface area contributed by atoms with E-state index < -0.39 is 0 Å². The second-order valence-electron chi connectivity index (χ2n) is 6.08. The first-order valence-electron chi connectivity index (χ1n) is 7.93. The van der Waals surface area contributed by atoms with Crippen LogP contribution in [0.1, 0.15) is 34.3 Å². The van der Waals surface area contributed by atoms with E-state index in [9.17, 15) is 4.79 Å². The summed E-state index contributed by atoms with van der Waals surface area (Å²) in [4.78, 5) is 20.3. The molecule has 1 aliphatic rings. The monoisotopic (exact) mass is 358 g/mol. The zero-order valence-electron chi connectivity index (χ0n) is 13.6. The van der Waals surface area contributed by atoms with E-state index in [1.807, 2.05) is 34.7 Å². The molecule has 124 valence electrons. The summed E-state index contributed by atoms with van der Waals surface area (Å²) in [5.41, 5.74) is 2.73. The Morgan fingerprint density at radius 2 is 2.21 bits per heavy atom. The van der Waals surface area contributed by atoms with Crippen molar-refractivity contribution in [1.82, 2.24) is 19.7 Å². The van der Waals surface area contributed by atoms with Crippen LogP contribution < -0.4 is 0 Å². The van der Waals surface area contributed by atoms with Crippen molar-refractivity contribution in [1.29, 1.82) is 0 Å². The van der Waals surface area contributed by atoms with Gasteiger partial charge in [-0.05, 0) is 37.8 Å². The van der Waals surface area contributed by atoms with Crippen LogP contribution in [0.2, 0.25) is 0 Å². The van der Waals surface area contributed by atoms with Crippen molar-refractivity contribution in [3.8, 4) is 9.88 Å². The molecule has 5 nitrogen and oxygen atoms in total. The summed E-state index contributed by atoms with van der Waals surface area (Å²) in [5, 5.41) is 9.38. The highest BCUT2D eigenvalue weighted by molar-refractivity contribution is 7.20. The summed E-state index contributed by atoms with van der Waals surface area (Å²) in [6.45, 7) is 5.53. The normalized spacial score (nSPS) is 17.6. The molecule has 1 atom stereocenters. The van der Waals surface area contributed by atoms with Crippen molar-refractivity contribution in [2.24, 2.45) is 0 Å². The highest BCUT2D eigenvalue weighted by atomic mass is 32.1. The summed E-state index contributed by atoms with van der Waals surface area (Å²) in [7, 11) is 0. The summed E-state index contributed by atoms with van der Waals surface area (Å²) < 4.78 is 2.06. The Morgan fingerprint density at radius 3 is 2.92 bits per heavy atom. The lowest BCUT2D eigenvalue weighted by Gasteiger charge is -2.16. The lowest BCUT2D eigenvalue weighted by atomic mass is 10.2. The molecular formula is C17H18N4OS2. The minimum Gasteiger partial charge on any atom is -0.335 e. The topological polar surface area (TPSA) is 51.0 Å². The molecule has 7 heteroatoms. The number of likely N-dealkylation sites (tertiary alicyclic amines) is 1. The molecule has 3 aromatic rings. The van der Waals surface area contributed by atoms with Crippen molar-refractivity contribution < 1.29 is 4.79 Å². The number of rotatable bonds is 3. The first kappa shape index (κ1) is 15.5. The zero-order valence-corrected chi connectivity index (χ0v) is 15.2. The van der Waals surface area contributed by atoms with Crippen LogP contribution in [0.4, 0.5) is 0 Å². The van der Waals surface area contributed by atoms with Crippen LogP contribution >= 0.6 is 22.7 Å². The predicted octanol–water partition coefficient (Wildman–Crippen LogP) is 3.77. The molecule has 0 N–H and O–H groups in total. The highest BCUT2D eigenvalue weighted by Crippen LogP contribution is 2.29. The Morgan fingerprint density at radius 1 is 1.33 bits per heavy atom. The molecular weight excluding hydrogens is 340 g/mol. The number of aryl methyl sites for hydroxylation is 2. The van der Waals surface area contributed by atoms with E-state index in [0.29, 0.717) is 12.2 Å². The smallest absolute Gasteiger partial charge is 0.273 e. The van der Waals surface area contributed by atoms with Gasteiger partial charge in [-0.2, -0.15) is 5.10 Å². The molecule has 0 aromatic carbocycles. The minimum atomic E-state index is 0.0260. The average Bonchev–Trinajstić information content (AvgIpc) is 3.34. The van der Waals surface area contributed by atoms with Crippen molar-refractivity contribution >= 4 is 28.6 Å². The van der Waals surface area contributed by atoms with Gasteiger partial charge in [-0.1, -0.05) is 6.07 Å². The molecule has 4 heterocycles. The Kier molecular flexibility index (Phi) is 3.97. The maximum atomic E-state index is 12.7. The van der Waals surface area contributed by atoms with Crippen LogP contribution in [0.5, 0.6) is 0 Å². The van der Waals surface area contributed by atoms with E-state index in [4.69, 9.17) is 0 Å². The number of amides is 1. The quantitative estimate of drug-likeness (QED) is 0.716. The Hall–Kier alpha value is -1.99. The van der Waals surface area contributed by atoms with E-state index in [1.54, 1.807) is 11.3 Å². The zero-order chi connectivity index (χ0) is 16.7. The molecule has 1 aliphatic heterocycles. The van der Waals surface area contributed by atoms with E-state index in [1.165, 1.54) is 11.3 Å². The number of nitrogens with zero attached hydrogens (tertiary/aromatic N) is 4. The first-order valence-corrected chi connectivity index (χ1v) is 9.69. The molecule has 1 amide bonds. The maximum absolute atomic E-state index is 12.7. The van der Waals surface area contributed by atoms with E-state index in [-0.39, 0.29) is 11.9 Å². The summed E-state index contributed by atoms with van der Waals surface area (Å²) >= 11 is 3.18. The Balaban J connectivity index is 1.49. The fourth-order valence-corrected chi connectivity index (χ4v) is 4.80. The second-order valence-corrected chi connectivity index (χ2v) is 7.89. The van der Waals surface area contributed by atoms with Gasteiger partial charge in [0, 0.05) is 24.2 Å². The van der Waals surface area contributed by atoms with E-state index in [2.05, 4.69) is 27.8 Å². The van der Waals surface area contributed by atoms with Crippen LogP contribution in [-0.4, -0.2) is 38.7 Å². The minimum absolute atomic E-state index is 0.0260. The Labute approximate surface area is 148 Å². The van der Waals surface area contributed by atoms with Gasteiger partial charge >= 0.3 is 0 Å². The fraction of sp³-hybridized carbons (Fsp3) is 0.353. The van der Waals surface area contributed by atoms with E-state index >= 15 is 0 Å². The highest BCUT2D eigenvalue weighted by Gasteiger charge is 2.30. The van der Waals surface area contributed by atoms with Gasteiger partial charge in [-0.3, -0.25) is 9.48 Å². The lowest BCUT2D eigenvalue weighted by molar-refractivity contribution is 0.0782. The van der Waals surface area contributed by atoms with Crippen LogP contribution in [0.15, 0.2) is 29.0 Å². The molecule has 1 unspecified atom stereocenters. The van der Waals surface area contributed by atoms with Gasteiger partial charge in [0.05, 0.1) is 16.6 Å². The number of carbonyl (C=O) groups is 1. The van der Waals surface area contributed by atoms with Crippen LogP contribution in [0.3, 0.4) is 0 Å². The van der Waals surface area contributed by atoms with Gasteiger partial charge in [0.25, 0.3) is 5.91 Å². The van der Waals surface area contributed by atoms with Gasteiger partial charge in [-0.15, -0.1) is 22.7 Å². The number of aromatic nitrogens is 3. The second kappa shape index (κ2) is 6.14. The van der Waals surface area contributed by atoms with Gasteiger partial charge < -0.3 is 4.90 Å². The van der Waals surface area contributed by atoms with Crippen molar-refractivity contribution in [3.05, 3.63) is 46.0 Å². The fourth-order valence-electron chi connectivity index (χ4n) is 3.19. The number of hydrogen-bond acceptors (Lipinski definition) is 5. The molecule has 0 bridgehead atoms. The SMILES string of the molecule is Cc1cc(C)n(C2CCN(C(=O)c3csc(-c4cccs4)n3)C2)n1. The molecule has 0 spiro atoms. The third-order valence-corrected chi connectivity index (χ3v) is 6.18. The third kappa shape index (κ3) is 2.78. The standard InChI is InChI=1S/C17H18N4OS2/c1-11-8-12(2)21(19-11)13-5-6-20(9-13)17(22)14-10-24-16(18-14)15-4-3-7-23-15/h3-4,7-8,10,13H,5-6,9H2,1-2H3. The molecule has 0 aliphatic carbocycles. The number of thiazole rings is 1. The molecule has 0 radical (unpaired) electrons. The molecule has 3 aromatic heterocycles.